The molecule has 4 heteroatoms. The van der Waals surface area contributed by atoms with Crippen LogP contribution in [0.5, 0.6) is 0 Å². The summed E-state index contributed by atoms with van der Waals surface area (Å²) in [7, 11) is 0. The van der Waals surface area contributed by atoms with Crippen LogP contribution in [0.25, 0.3) is 10.9 Å². The molecule has 2 heterocycles. The summed E-state index contributed by atoms with van der Waals surface area (Å²) < 4.78 is 0. The lowest BCUT2D eigenvalue weighted by Gasteiger charge is -2.32. The third-order valence-electron chi connectivity index (χ3n) is 4.49. The molecule has 0 spiro atoms. The number of aryl methyl sites for hydroxylation is 1. The molecule has 23 heavy (non-hydrogen) atoms. The molecule has 2 aromatic rings. The molecule has 0 radical (unpaired) electrons. The van der Waals surface area contributed by atoms with Crippen molar-refractivity contribution in [3.63, 3.8) is 0 Å². The van der Waals surface area contributed by atoms with E-state index in [4.69, 9.17) is 4.98 Å². The fourth-order valence-corrected chi connectivity index (χ4v) is 3.11. The molecular formula is C19H27N3O. The van der Waals surface area contributed by atoms with E-state index in [0.29, 0.717) is 6.04 Å². The summed E-state index contributed by atoms with van der Waals surface area (Å²) in [5, 5.41) is 14.5. The molecule has 0 saturated carbocycles. The molecule has 4 nitrogen and oxygen atoms in total. The Kier molecular flexibility index (Phi) is 4.83. The van der Waals surface area contributed by atoms with Gasteiger partial charge in [0.05, 0.1) is 11.6 Å². The van der Waals surface area contributed by atoms with Gasteiger partial charge in [-0.1, -0.05) is 26.0 Å². The number of benzene rings is 1. The van der Waals surface area contributed by atoms with Crippen LogP contribution < -0.4 is 10.2 Å². The predicted molar refractivity (Wildman–Crippen MR) is 95.9 cm³/mol. The molecule has 1 aliphatic rings. The van der Waals surface area contributed by atoms with Crippen LogP contribution in [0.4, 0.5) is 5.82 Å². The van der Waals surface area contributed by atoms with Crippen molar-refractivity contribution in [2.75, 3.05) is 18.0 Å². The summed E-state index contributed by atoms with van der Waals surface area (Å²) in [5.41, 5.74) is 3.53. The molecule has 0 bridgehead atoms. The second-order valence-electron chi connectivity index (χ2n) is 6.92. The molecule has 124 valence electrons. The largest absolute Gasteiger partial charge is 0.393 e. The molecule has 1 aromatic heterocycles. The van der Waals surface area contributed by atoms with Crippen LogP contribution in [-0.2, 0) is 6.54 Å². The second-order valence-corrected chi connectivity index (χ2v) is 6.92. The molecule has 0 unspecified atom stereocenters. The van der Waals surface area contributed by atoms with Crippen LogP contribution in [0.1, 0.15) is 37.8 Å². The van der Waals surface area contributed by atoms with Gasteiger partial charge in [-0.2, -0.15) is 0 Å². The normalized spacial score (nSPS) is 16.5. The standard InChI is InChI=1S/C19H27N3O/c1-13(2)20-12-16-11-15-5-4-14(3)10-18(15)21-19(16)22-8-6-17(23)7-9-22/h4-5,10-11,13,17,20,23H,6-9,12H2,1-3H3. The molecule has 1 fully saturated rings. The number of aromatic nitrogens is 1. The van der Waals surface area contributed by atoms with Gasteiger partial charge in [-0.25, -0.2) is 4.98 Å². The molecule has 3 rings (SSSR count). The van der Waals surface area contributed by atoms with Crippen molar-refractivity contribution in [2.24, 2.45) is 0 Å². The summed E-state index contributed by atoms with van der Waals surface area (Å²) in [5.74, 6) is 1.07. The Balaban J connectivity index is 1.98. The summed E-state index contributed by atoms with van der Waals surface area (Å²) in [4.78, 5) is 7.29. The number of aliphatic hydroxyl groups is 1. The van der Waals surface area contributed by atoms with Gasteiger partial charge in [0.25, 0.3) is 0 Å². The smallest absolute Gasteiger partial charge is 0.133 e. The molecule has 0 amide bonds. The number of pyridine rings is 1. The number of nitrogens with one attached hydrogen (secondary N) is 1. The van der Waals surface area contributed by atoms with E-state index in [1.54, 1.807) is 0 Å². The van der Waals surface area contributed by atoms with Crippen LogP contribution in [0.3, 0.4) is 0 Å². The van der Waals surface area contributed by atoms with E-state index >= 15 is 0 Å². The van der Waals surface area contributed by atoms with Gasteiger partial charge < -0.3 is 15.3 Å². The third-order valence-corrected chi connectivity index (χ3v) is 4.49. The van der Waals surface area contributed by atoms with Crippen LogP contribution >= 0.6 is 0 Å². The zero-order valence-corrected chi connectivity index (χ0v) is 14.3. The van der Waals surface area contributed by atoms with Crippen molar-refractivity contribution in [2.45, 2.75) is 52.3 Å². The van der Waals surface area contributed by atoms with Gasteiger partial charge in [0.1, 0.15) is 5.82 Å². The minimum absolute atomic E-state index is 0.161. The molecule has 1 saturated heterocycles. The van der Waals surface area contributed by atoms with Gasteiger partial charge in [0.2, 0.25) is 0 Å². The van der Waals surface area contributed by atoms with Crippen LogP contribution in [-0.4, -0.2) is 35.3 Å². The molecule has 2 N–H and O–H groups in total. The van der Waals surface area contributed by atoms with Gasteiger partial charge in [-0.05, 0) is 37.5 Å². The van der Waals surface area contributed by atoms with Gasteiger partial charge >= 0.3 is 0 Å². The Morgan fingerprint density at radius 1 is 1.26 bits per heavy atom. The lowest BCUT2D eigenvalue weighted by molar-refractivity contribution is 0.145. The number of aliphatic hydroxyl groups excluding tert-OH is 1. The van der Waals surface area contributed by atoms with Crippen LogP contribution in [0.15, 0.2) is 24.3 Å². The van der Waals surface area contributed by atoms with Crippen LogP contribution in [0, 0.1) is 6.92 Å². The fraction of sp³-hybridized carbons (Fsp3) is 0.526. The summed E-state index contributed by atoms with van der Waals surface area (Å²) >= 11 is 0. The summed E-state index contributed by atoms with van der Waals surface area (Å²) in [6.45, 7) is 9.00. The highest BCUT2D eigenvalue weighted by atomic mass is 16.3. The Morgan fingerprint density at radius 2 is 2.00 bits per heavy atom. The first-order chi connectivity index (χ1) is 11.0. The van der Waals surface area contributed by atoms with Crippen molar-refractivity contribution in [3.05, 3.63) is 35.4 Å². The van der Waals surface area contributed by atoms with Crippen molar-refractivity contribution in [1.29, 1.82) is 0 Å². The highest BCUT2D eigenvalue weighted by Crippen LogP contribution is 2.27. The van der Waals surface area contributed by atoms with Gasteiger partial charge in [0, 0.05) is 36.6 Å². The van der Waals surface area contributed by atoms with Crippen molar-refractivity contribution >= 4 is 16.7 Å². The summed E-state index contributed by atoms with van der Waals surface area (Å²) in [6, 6.07) is 9.15. The minimum Gasteiger partial charge on any atom is -0.393 e. The maximum absolute atomic E-state index is 9.77. The zero-order chi connectivity index (χ0) is 16.4. The molecule has 0 aliphatic carbocycles. The molecule has 1 aliphatic heterocycles. The zero-order valence-electron chi connectivity index (χ0n) is 14.3. The van der Waals surface area contributed by atoms with Gasteiger partial charge in [-0.15, -0.1) is 0 Å². The lowest BCUT2D eigenvalue weighted by Crippen LogP contribution is -2.37. The monoisotopic (exact) mass is 313 g/mol. The number of fused-ring (bicyclic) bond motifs is 1. The SMILES string of the molecule is Cc1ccc2cc(CNC(C)C)c(N3CCC(O)CC3)nc2c1. The quantitative estimate of drug-likeness (QED) is 0.911. The topological polar surface area (TPSA) is 48.4 Å². The Labute approximate surface area is 138 Å². The first-order valence-electron chi connectivity index (χ1n) is 8.59. The van der Waals surface area contributed by atoms with E-state index in [1.807, 2.05) is 0 Å². The first-order valence-corrected chi connectivity index (χ1v) is 8.59. The van der Waals surface area contributed by atoms with Crippen molar-refractivity contribution in [1.82, 2.24) is 10.3 Å². The lowest BCUT2D eigenvalue weighted by atomic mass is 10.1. The Hall–Kier alpha value is -1.65. The van der Waals surface area contributed by atoms with Gasteiger partial charge in [-0.3, -0.25) is 0 Å². The molecular weight excluding hydrogens is 286 g/mol. The summed E-state index contributed by atoms with van der Waals surface area (Å²) in [6.07, 6.45) is 1.49. The maximum Gasteiger partial charge on any atom is 0.133 e. The van der Waals surface area contributed by atoms with E-state index < -0.39 is 0 Å². The van der Waals surface area contributed by atoms with E-state index in [0.717, 1.165) is 43.8 Å². The van der Waals surface area contributed by atoms with E-state index in [9.17, 15) is 5.11 Å². The number of rotatable bonds is 4. The first kappa shape index (κ1) is 16.2. The average molecular weight is 313 g/mol. The predicted octanol–water partition coefficient (Wildman–Crippen LogP) is 3.00. The highest BCUT2D eigenvalue weighted by molar-refractivity contribution is 5.82. The van der Waals surface area contributed by atoms with Crippen molar-refractivity contribution < 1.29 is 5.11 Å². The highest BCUT2D eigenvalue weighted by Gasteiger charge is 2.21. The van der Waals surface area contributed by atoms with Crippen LogP contribution in [0.2, 0.25) is 0 Å². The third kappa shape index (κ3) is 3.82. The number of nitrogens with zero attached hydrogens (tertiary/aromatic N) is 2. The number of anilines is 1. The molecule has 1 aromatic carbocycles. The van der Waals surface area contributed by atoms with E-state index in [2.05, 4.69) is 55.3 Å². The Bertz CT molecular complexity index is 676. The van der Waals surface area contributed by atoms with Gasteiger partial charge in [0.15, 0.2) is 0 Å². The molecule has 0 atom stereocenters. The number of hydrogen-bond donors (Lipinski definition) is 2. The fourth-order valence-electron chi connectivity index (χ4n) is 3.11. The number of hydrogen-bond acceptors (Lipinski definition) is 4. The second kappa shape index (κ2) is 6.85. The Morgan fingerprint density at radius 3 is 2.70 bits per heavy atom. The van der Waals surface area contributed by atoms with E-state index in [1.165, 1.54) is 16.5 Å². The minimum atomic E-state index is -0.161. The van der Waals surface area contributed by atoms with Crippen molar-refractivity contribution in [3.8, 4) is 0 Å². The number of piperidine rings is 1. The van der Waals surface area contributed by atoms with E-state index in [-0.39, 0.29) is 6.10 Å². The maximum atomic E-state index is 9.77. The average Bonchev–Trinajstić information content (AvgIpc) is 2.53.